The summed E-state index contributed by atoms with van der Waals surface area (Å²) in [6.45, 7) is 6.85. The molecular formula is C77H145N2O7P. The van der Waals surface area contributed by atoms with E-state index in [1.54, 1.807) is 0 Å². The fraction of sp³-hybridized carbons (Fsp3) is 0.844. The molecule has 0 fully saturated rings. The van der Waals surface area contributed by atoms with Gasteiger partial charge in [0.25, 0.3) is 7.82 Å². The molecule has 0 rings (SSSR count). The molecule has 0 spiro atoms. The molecule has 9 nitrogen and oxygen atoms in total. The molecule has 0 aliphatic carbocycles. The minimum absolute atomic E-state index is 0.0218. The van der Waals surface area contributed by atoms with E-state index in [1.807, 2.05) is 33.3 Å². The highest BCUT2D eigenvalue weighted by Gasteiger charge is 2.27. The number of nitrogens with one attached hydrogen (secondary N) is 1. The fourth-order valence-electron chi connectivity index (χ4n) is 11.1. The largest absolute Gasteiger partial charge is 0.756 e. The first-order chi connectivity index (χ1) is 42.4. The number of quaternary nitrogens is 1. The van der Waals surface area contributed by atoms with Crippen LogP contribution in [0, 0.1) is 0 Å². The van der Waals surface area contributed by atoms with E-state index in [0.29, 0.717) is 17.4 Å². The Bertz CT molecular complexity index is 1670. The zero-order valence-corrected chi connectivity index (χ0v) is 59.4. The Balaban J connectivity index is 5.00. The number of amides is 1. The van der Waals surface area contributed by atoms with Crippen molar-refractivity contribution in [2.75, 3.05) is 40.9 Å². The summed E-state index contributed by atoms with van der Waals surface area (Å²) in [7, 11) is 1.20. The number of esters is 1. The third-order valence-corrected chi connectivity index (χ3v) is 17.9. The molecule has 1 N–H and O–H groups in total. The quantitative estimate of drug-likeness (QED) is 0.0212. The number of ether oxygens (including phenoxy) is 1. The number of unbranched alkanes of at least 4 members (excludes halogenated alkanes) is 45. The van der Waals surface area contributed by atoms with Gasteiger partial charge in [0.05, 0.1) is 33.8 Å². The van der Waals surface area contributed by atoms with Gasteiger partial charge in [0, 0.05) is 12.8 Å². The monoisotopic (exact) mass is 1240 g/mol. The molecule has 0 aromatic carbocycles. The second kappa shape index (κ2) is 66.6. The molecule has 3 atom stereocenters. The fourth-order valence-corrected chi connectivity index (χ4v) is 11.8. The van der Waals surface area contributed by atoms with Crippen LogP contribution < -0.4 is 10.2 Å². The molecule has 0 heterocycles. The van der Waals surface area contributed by atoms with Crippen molar-refractivity contribution < 1.29 is 37.3 Å². The number of allylic oxidation sites excluding steroid dienone is 9. The lowest BCUT2D eigenvalue weighted by atomic mass is 10.0. The number of phosphoric ester groups is 1. The van der Waals surface area contributed by atoms with Crippen molar-refractivity contribution in [3.05, 3.63) is 60.8 Å². The van der Waals surface area contributed by atoms with Gasteiger partial charge in [0.15, 0.2) is 0 Å². The minimum atomic E-state index is -4.71. The van der Waals surface area contributed by atoms with Crippen LogP contribution in [0.25, 0.3) is 0 Å². The molecule has 87 heavy (non-hydrogen) atoms. The zero-order valence-electron chi connectivity index (χ0n) is 58.5. The van der Waals surface area contributed by atoms with Gasteiger partial charge in [-0.05, 0) is 96.0 Å². The molecule has 10 heteroatoms. The van der Waals surface area contributed by atoms with Crippen molar-refractivity contribution >= 4 is 19.7 Å². The average Bonchev–Trinajstić information content (AvgIpc) is 3.70. The van der Waals surface area contributed by atoms with Gasteiger partial charge in [-0.15, -0.1) is 0 Å². The van der Waals surface area contributed by atoms with Crippen LogP contribution in [0.5, 0.6) is 0 Å². The smallest absolute Gasteiger partial charge is 0.306 e. The third-order valence-electron chi connectivity index (χ3n) is 16.9. The molecule has 0 aliphatic rings. The summed E-state index contributed by atoms with van der Waals surface area (Å²) in [5, 5.41) is 3.05. The number of hydrogen-bond acceptors (Lipinski definition) is 7. The lowest BCUT2D eigenvalue weighted by Crippen LogP contribution is -2.47. The van der Waals surface area contributed by atoms with E-state index < -0.39 is 20.0 Å². The SMILES string of the molecule is CCCCC/C=C\C/C=C\CCCCCCCCCCCCCCCCCCCC(=O)OC(/C=C\CCCCCCCCCCCCC)C(COP(=O)([O-])OCC[N+](C)(C)C)NC(=O)CCCCCCCCCCCCC/C=C\C/C=C\CCCCC. The topological polar surface area (TPSA) is 114 Å². The Morgan fingerprint density at radius 3 is 1.06 bits per heavy atom. The summed E-state index contributed by atoms with van der Waals surface area (Å²) in [5.41, 5.74) is 0. The van der Waals surface area contributed by atoms with E-state index in [4.69, 9.17) is 13.8 Å². The molecule has 0 aromatic rings. The maximum Gasteiger partial charge on any atom is 0.306 e. The van der Waals surface area contributed by atoms with Crippen LogP contribution in [0.4, 0.5) is 0 Å². The van der Waals surface area contributed by atoms with Crippen molar-refractivity contribution in [3.63, 3.8) is 0 Å². The highest BCUT2D eigenvalue weighted by Crippen LogP contribution is 2.38. The van der Waals surface area contributed by atoms with Gasteiger partial charge < -0.3 is 28.5 Å². The maximum atomic E-state index is 13.6. The van der Waals surface area contributed by atoms with E-state index in [9.17, 15) is 19.0 Å². The number of nitrogens with zero attached hydrogens (tertiary/aromatic N) is 1. The molecule has 0 aliphatic heterocycles. The van der Waals surface area contributed by atoms with Crippen molar-refractivity contribution in [2.24, 2.45) is 0 Å². The van der Waals surface area contributed by atoms with E-state index in [2.05, 4.69) is 74.7 Å². The lowest BCUT2D eigenvalue weighted by Gasteiger charge is -2.30. The second-order valence-electron chi connectivity index (χ2n) is 26.8. The normalized spacial score (nSPS) is 13.8. The number of rotatable bonds is 69. The van der Waals surface area contributed by atoms with E-state index in [0.717, 1.165) is 70.6 Å². The summed E-state index contributed by atoms with van der Waals surface area (Å²) in [5.74, 6) is -0.527. The Morgan fingerprint density at radius 1 is 0.402 bits per heavy atom. The van der Waals surface area contributed by atoms with Gasteiger partial charge in [-0.3, -0.25) is 14.2 Å². The van der Waals surface area contributed by atoms with Crippen molar-refractivity contribution in [1.82, 2.24) is 5.32 Å². The Hall–Kier alpha value is -2.29. The lowest BCUT2D eigenvalue weighted by molar-refractivity contribution is -0.870. The van der Waals surface area contributed by atoms with Gasteiger partial charge >= 0.3 is 5.97 Å². The predicted molar refractivity (Wildman–Crippen MR) is 376 cm³/mol. The molecule has 0 radical (unpaired) electrons. The number of carbonyl (C=O) groups is 2. The molecule has 0 aromatic heterocycles. The first-order valence-corrected chi connectivity index (χ1v) is 39.1. The maximum absolute atomic E-state index is 13.6. The van der Waals surface area contributed by atoms with E-state index in [-0.39, 0.29) is 31.5 Å². The summed E-state index contributed by atoms with van der Waals surface area (Å²) in [4.78, 5) is 40.3. The molecule has 510 valence electrons. The summed E-state index contributed by atoms with van der Waals surface area (Å²) in [6.07, 6.45) is 86.3. The van der Waals surface area contributed by atoms with Gasteiger partial charge in [-0.2, -0.15) is 0 Å². The van der Waals surface area contributed by atoms with Crippen LogP contribution in [0.15, 0.2) is 60.8 Å². The minimum Gasteiger partial charge on any atom is -0.756 e. The molecule has 1 amide bonds. The Morgan fingerprint density at radius 2 is 0.701 bits per heavy atom. The van der Waals surface area contributed by atoms with Crippen LogP contribution in [-0.4, -0.2) is 69.4 Å². The molecular weight excluding hydrogens is 1100 g/mol. The number of carbonyl (C=O) groups excluding carboxylic acids is 2. The molecule has 0 saturated heterocycles. The van der Waals surface area contributed by atoms with Crippen LogP contribution >= 0.6 is 7.82 Å². The highest BCUT2D eigenvalue weighted by molar-refractivity contribution is 7.45. The average molecular weight is 1240 g/mol. The van der Waals surface area contributed by atoms with Crippen LogP contribution in [0.2, 0.25) is 0 Å². The Kier molecular flexibility index (Phi) is 64.9. The number of phosphoric acid groups is 1. The zero-order chi connectivity index (χ0) is 63.5. The molecule has 0 bridgehead atoms. The number of hydrogen-bond donors (Lipinski definition) is 1. The first-order valence-electron chi connectivity index (χ1n) is 37.6. The van der Waals surface area contributed by atoms with Gasteiger partial charge in [0.1, 0.15) is 19.3 Å². The van der Waals surface area contributed by atoms with Crippen molar-refractivity contribution in [3.8, 4) is 0 Å². The Labute approximate surface area is 541 Å². The number of likely N-dealkylation sites (N-methyl/N-ethyl adjacent to an activating group) is 1. The van der Waals surface area contributed by atoms with Gasteiger partial charge in [-0.25, -0.2) is 0 Å². The van der Waals surface area contributed by atoms with E-state index >= 15 is 0 Å². The first kappa shape index (κ1) is 84.7. The standard InChI is InChI=1S/C77H145N2O7P/c1-7-10-13-16-19-22-25-28-30-32-34-36-37-38-39-40-41-43-45-47-49-52-55-58-61-64-67-70-77(81)86-75(68-65-62-59-56-53-50-27-24-21-18-15-12-9-3)74(73-85-87(82,83)84-72-71-79(4,5)6)78-76(80)69-66-63-60-57-54-51-48-46-44-42-35-33-31-29-26-23-20-17-14-11-8-2/h19-20,22-23,28-31,65,68,74-75H,7-18,21,24-27,32-64,66-67,69-73H2,1-6H3,(H-,78,80,82,83)/b22-19-,23-20-,30-28-,31-29-,68-65-. The predicted octanol–water partition coefficient (Wildman–Crippen LogP) is 23.5. The van der Waals surface area contributed by atoms with Crippen LogP contribution in [0.3, 0.4) is 0 Å². The van der Waals surface area contributed by atoms with Gasteiger partial charge in [-0.1, -0.05) is 319 Å². The third kappa shape index (κ3) is 67.9. The highest BCUT2D eigenvalue weighted by atomic mass is 31.2. The van der Waals surface area contributed by atoms with Crippen LogP contribution in [0.1, 0.15) is 367 Å². The summed E-state index contributed by atoms with van der Waals surface area (Å²) in [6, 6.07) is -0.890. The summed E-state index contributed by atoms with van der Waals surface area (Å²) < 4.78 is 30.5. The van der Waals surface area contributed by atoms with E-state index in [1.165, 1.54) is 263 Å². The van der Waals surface area contributed by atoms with Crippen molar-refractivity contribution in [1.29, 1.82) is 0 Å². The molecule has 3 unspecified atom stereocenters. The van der Waals surface area contributed by atoms with Gasteiger partial charge in [0.2, 0.25) is 5.91 Å². The second-order valence-corrected chi connectivity index (χ2v) is 28.2. The van der Waals surface area contributed by atoms with Crippen molar-refractivity contribution in [2.45, 2.75) is 380 Å². The van der Waals surface area contributed by atoms with Crippen LogP contribution in [-0.2, 0) is 27.9 Å². The summed E-state index contributed by atoms with van der Waals surface area (Å²) >= 11 is 0. The molecule has 0 saturated carbocycles.